The van der Waals surface area contributed by atoms with Gasteiger partial charge in [-0.3, -0.25) is 4.79 Å². The van der Waals surface area contributed by atoms with E-state index in [0.717, 1.165) is 37.5 Å². The molecule has 0 saturated heterocycles. The van der Waals surface area contributed by atoms with Gasteiger partial charge in [-0.15, -0.1) is 11.3 Å². The van der Waals surface area contributed by atoms with Crippen molar-refractivity contribution in [2.45, 2.75) is 39.7 Å². The third-order valence-electron chi connectivity index (χ3n) is 9.05. The number of rotatable bonds is 12. The van der Waals surface area contributed by atoms with Crippen molar-refractivity contribution in [2.24, 2.45) is 17.3 Å². The summed E-state index contributed by atoms with van der Waals surface area (Å²) in [5.74, 6) is 1.01. The van der Waals surface area contributed by atoms with E-state index >= 15 is 0 Å². The molecule has 0 amide bonds. The van der Waals surface area contributed by atoms with E-state index in [1.165, 1.54) is 0 Å². The van der Waals surface area contributed by atoms with Crippen molar-refractivity contribution in [3.05, 3.63) is 157 Å². The number of aromatic nitrogens is 2. The Balaban J connectivity index is 0.000000236. The van der Waals surface area contributed by atoms with E-state index in [1.807, 2.05) is 103 Å². The van der Waals surface area contributed by atoms with Crippen molar-refractivity contribution in [1.29, 1.82) is 0 Å². The molecule has 2 heterocycles. The van der Waals surface area contributed by atoms with Crippen LogP contribution in [0.15, 0.2) is 126 Å². The maximum Gasteiger partial charge on any atom is 1.00 e. The zero-order valence-corrected chi connectivity index (χ0v) is 36.3. The number of carbonyl (C=O) groups is 1. The monoisotopic (exact) mass is 850 g/mol. The largest absolute Gasteiger partial charge is 1.00 e. The molecular weight excluding hydrogens is 817 g/mol. The van der Waals surface area contributed by atoms with E-state index in [9.17, 15) is 4.79 Å². The minimum atomic E-state index is -0.238. The van der Waals surface area contributed by atoms with Crippen molar-refractivity contribution >= 4 is 85.4 Å². The van der Waals surface area contributed by atoms with Crippen molar-refractivity contribution in [3.8, 4) is 11.5 Å². The molecular formula is C41H36Cl5N2NaO4S. The molecule has 0 radical (unpaired) electrons. The summed E-state index contributed by atoms with van der Waals surface area (Å²) in [6, 6.07) is 28.4. The van der Waals surface area contributed by atoms with E-state index < -0.39 is 0 Å². The first kappa shape index (κ1) is 42.6. The van der Waals surface area contributed by atoms with E-state index in [1.54, 1.807) is 36.0 Å². The summed E-state index contributed by atoms with van der Waals surface area (Å²) < 4.78 is 20.8. The standard InChI is InChI=1S/C21H20Cl2O3.C20H15Cl3N2OS.Na.H/c1-21(2)17(12-18(22)23)19(21)20(24)25-13-14-7-6-10-16(11-14)26-15-8-4-3-5-9-15;21-14-4-5-16(18(23)8-14)19(9-25-7-6-24-12-25)26-10-13-11-27-20-15(13)2-1-3-17(20)22;;/h3-12,17,19H,13H2,1-2H3;1-8,11-12,19H,9-10H2;;/q;;+1;-1. The fraction of sp³-hybridized carbons (Fsp3) is 0.220. The number of halogens is 5. The molecule has 6 aromatic rings. The van der Waals surface area contributed by atoms with Gasteiger partial charge in [0.25, 0.3) is 0 Å². The second-order valence-corrected chi connectivity index (χ2v) is 16.2. The number of allylic oxidation sites excluding steroid dienone is 1. The van der Waals surface area contributed by atoms with E-state index in [4.69, 9.17) is 72.2 Å². The number of ether oxygens (including phenoxy) is 3. The molecule has 7 rings (SSSR count). The minimum Gasteiger partial charge on any atom is -1.00 e. The van der Waals surface area contributed by atoms with Gasteiger partial charge in [0, 0.05) is 28.0 Å². The quantitative estimate of drug-likeness (QED) is 0.0907. The molecule has 2 aromatic heterocycles. The second kappa shape index (κ2) is 19.6. The molecule has 1 saturated carbocycles. The average Bonchev–Trinajstić information content (AvgIpc) is 3.52. The molecule has 3 atom stereocenters. The van der Waals surface area contributed by atoms with E-state index in [-0.39, 0.29) is 71.4 Å². The number of benzene rings is 4. The van der Waals surface area contributed by atoms with Crippen molar-refractivity contribution in [3.63, 3.8) is 0 Å². The van der Waals surface area contributed by atoms with Gasteiger partial charge in [-0.05, 0) is 81.8 Å². The van der Waals surface area contributed by atoms with Crippen LogP contribution in [0, 0.1) is 17.3 Å². The Bertz CT molecular complexity index is 2200. The van der Waals surface area contributed by atoms with Crippen LogP contribution in [0.5, 0.6) is 11.5 Å². The van der Waals surface area contributed by atoms with Crippen LogP contribution < -0.4 is 34.3 Å². The Morgan fingerprint density at radius 1 is 0.944 bits per heavy atom. The predicted molar refractivity (Wildman–Crippen MR) is 217 cm³/mol. The second-order valence-electron chi connectivity index (χ2n) is 13.1. The first-order valence-electron chi connectivity index (χ1n) is 16.7. The van der Waals surface area contributed by atoms with Gasteiger partial charge in [-0.25, -0.2) is 4.98 Å². The Morgan fingerprint density at radius 2 is 1.70 bits per heavy atom. The molecule has 1 fully saturated rings. The summed E-state index contributed by atoms with van der Waals surface area (Å²) in [5.41, 5.74) is 2.68. The number of hydrogen-bond acceptors (Lipinski definition) is 6. The number of hydrogen-bond donors (Lipinski definition) is 0. The van der Waals surface area contributed by atoms with Crippen LogP contribution in [0.4, 0.5) is 0 Å². The fourth-order valence-electron chi connectivity index (χ4n) is 6.11. The van der Waals surface area contributed by atoms with Crippen LogP contribution >= 0.6 is 69.3 Å². The van der Waals surface area contributed by atoms with Crippen LogP contribution in [-0.2, 0) is 34.0 Å². The number of para-hydroxylation sites is 1. The van der Waals surface area contributed by atoms with Gasteiger partial charge < -0.3 is 20.2 Å². The number of esters is 1. The van der Waals surface area contributed by atoms with E-state index in [0.29, 0.717) is 28.9 Å². The first-order chi connectivity index (χ1) is 25.5. The topological polar surface area (TPSA) is 62.6 Å². The molecule has 0 bridgehead atoms. The molecule has 4 aromatic carbocycles. The minimum absolute atomic E-state index is 0. The zero-order valence-electron chi connectivity index (χ0n) is 30.7. The van der Waals surface area contributed by atoms with Crippen LogP contribution in [0.25, 0.3) is 10.1 Å². The Hall–Kier alpha value is -2.53. The third kappa shape index (κ3) is 11.1. The maximum absolute atomic E-state index is 12.4. The first-order valence-corrected chi connectivity index (χ1v) is 19.4. The molecule has 1 aliphatic rings. The third-order valence-corrected chi connectivity index (χ3v) is 11.4. The Kier molecular flexibility index (Phi) is 15.4. The summed E-state index contributed by atoms with van der Waals surface area (Å²) in [7, 11) is 0. The maximum atomic E-state index is 12.4. The molecule has 6 nitrogen and oxygen atoms in total. The normalized spacial score (nSPS) is 16.0. The summed E-state index contributed by atoms with van der Waals surface area (Å²) in [4.78, 5) is 16.5. The van der Waals surface area contributed by atoms with Crippen molar-refractivity contribution in [2.75, 3.05) is 0 Å². The van der Waals surface area contributed by atoms with Gasteiger partial charge in [0.1, 0.15) is 28.7 Å². The van der Waals surface area contributed by atoms with Crippen LogP contribution in [0.2, 0.25) is 15.1 Å². The van der Waals surface area contributed by atoms with Gasteiger partial charge in [0.05, 0.1) is 35.1 Å². The summed E-state index contributed by atoms with van der Waals surface area (Å²) in [5, 5.41) is 5.17. The van der Waals surface area contributed by atoms with Gasteiger partial charge in [-0.1, -0.05) is 120 Å². The molecule has 0 N–H and O–H groups in total. The number of carbonyl (C=O) groups excluding carboxylic acids is 1. The smallest absolute Gasteiger partial charge is 1.00 e. The molecule has 1 aliphatic carbocycles. The molecule has 3 unspecified atom stereocenters. The van der Waals surface area contributed by atoms with Crippen molar-refractivity contribution in [1.82, 2.24) is 9.55 Å². The molecule has 276 valence electrons. The fourth-order valence-corrected chi connectivity index (χ4v) is 8.18. The Morgan fingerprint density at radius 3 is 2.43 bits per heavy atom. The molecule has 54 heavy (non-hydrogen) atoms. The molecule has 0 aliphatic heterocycles. The summed E-state index contributed by atoms with van der Waals surface area (Å²) in [6.45, 7) is 5.27. The van der Waals surface area contributed by atoms with Crippen LogP contribution in [0.1, 0.15) is 38.1 Å². The SMILES string of the molecule is CC1(C)C(C=C(Cl)Cl)C1C(=O)OCc1cccc(Oc2ccccc2)c1.Clc1ccc(C(Cn2ccnc2)OCc2csc3c(Cl)cccc23)c(Cl)c1.[H-].[Na+]. The zero-order chi connectivity index (χ0) is 37.5. The number of nitrogens with zero attached hydrogens (tertiary/aromatic N) is 2. The van der Waals surface area contributed by atoms with Crippen molar-refractivity contribution < 1.29 is 50.0 Å². The van der Waals surface area contributed by atoms with E-state index in [2.05, 4.69) is 16.4 Å². The molecule has 13 heteroatoms. The molecule has 0 spiro atoms. The number of thiophene rings is 1. The van der Waals surface area contributed by atoms with Gasteiger partial charge in [0.15, 0.2) is 0 Å². The van der Waals surface area contributed by atoms with Gasteiger partial charge in [0.2, 0.25) is 0 Å². The van der Waals surface area contributed by atoms with Crippen LogP contribution in [-0.4, -0.2) is 15.5 Å². The average molecular weight is 853 g/mol. The van der Waals surface area contributed by atoms with Gasteiger partial charge >= 0.3 is 35.5 Å². The number of fused-ring (bicyclic) bond motifs is 1. The predicted octanol–water partition coefficient (Wildman–Crippen LogP) is 10.2. The Labute approximate surface area is 367 Å². The summed E-state index contributed by atoms with van der Waals surface area (Å²) >= 11 is 31.9. The summed E-state index contributed by atoms with van der Waals surface area (Å²) in [6.07, 6.45) is 6.89. The van der Waals surface area contributed by atoms with Crippen LogP contribution in [0.3, 0.4) is 0 Å². The van der Waals surface area contributed by atoms with Gasteiger partial charge in [-0.2, -0.15) is 0 Å². The number of imidazole rings is 1.